The van der Waals surface area contributed by atoms with Crippen LogP contribution in [0.4, 0.5) is 10.2 Å². The Morgan fingerprint density at radius 3 is 2.55 bits per heavy atom. The largest absolute Gasteiger partial charge is 0.368 e. The van der Waals surface area contributed by atoms with Gasteiger partial charge >= 0.3 is 0 Å². The van der Waals surface area contributed by atoms with Gasteiger partial charge in [-0.3, -0.25) is 0 Å². The van der Waals surface area contributed by atoms with Crippen LogP contribution >= 0.6 is 11.6 Å². The third-order valence-electron chi connectivity index (χ3n) is 3.20. The molecule has 3 nitrogen and oxygen atoms in total. The lowest BCUT2D eigenvalue weighted by atomic mass is 10.0. The molecule has 2 aromatic rings. The second-order valence-corrected chi connectivity index (χ2v) is 5.17. The molecule has 0 fully saturated rings. The number of halogens is 2. The van der Waals surface area contributed by atoms with E-state index in [9.17, 15) is 4.39 Å². The van der Waals surface area contributed by atoms with Gasteiger partial charge in [-0.2, -0.15) is 0 Å². The van der Waals surface area contributed by atoms with Crippen LogP contribution in [0.15, 0.2) is 18.2 Å². The van der Waals surface area contributed by atoms with Crippen molar-refractivity contribution >= 4 is 17.4 Å². The van der Waals surface area contributed by atoms with E-state index in [0.717, 1.165) is 29.9 Å². The Morgan fingerprint density at radius 2 is 1.90 bits per heavy atom. The first-order valence-corrected chi connectivity index (χ1v) is 6.95. The third kappa shape index (κ3) is 3.07. The molecule has 1 N–H and O–H groups in total. The van der Waals surface area contributed by atoms with Crippen LogP contribution in [0.1, 0.15) is 24.5 Å². The van der Waals surface area contributed by atoms with Gasteiger partial charge in [-0.05, 0) is 49.6 Å². The summed E-state index contributed by atoms with van der Waals surface area (Å²) in [5.74, 6) is 0.398. The first-order chi connectivity index (χ1) is 9.52. The van der Waals surface area contributed by atoms with Crippen LogP contribution in [0, 0.1) is 19.7 Å². The maximum atomic E-state index is 13.4. The molecule has 0 bridgehead atoms. The molecule has 20 heavy (non-hydrogen) atoms. The molecular weight excluding hydrogens is 277 g/mol. The summed E-state index contributed by atoms with van der Waals surface area (Å²) >= 11 is 5.89. The number of aromatic nitrogens is 2. The fraction of sp³-hybridized carbons (Fsp3) is 0.333. The van der Waals surface area contributed by atoms with Gasteiger partial charge in [0.2, 0.25) is 0 Å². The Bertz CT molecular complexity index is 609. The van der Waals surface area contributed by atoms with Crippen LogP contribution in [-0.4, -0.2) is 16.7 Å². The summed E-state index contributed by atoms with van der Waals surface area (Å²) in [5.41, 5.74) is 3.29. The van der Waals surface area contributed by atoms with E-state index in [4.69, 9.17) is 11.6 Å². The average Bonchev–Trinajstić information content (AvgIpc) is 2.39. The lowest BCUT2D eigenvalue weighted by Gasteiger charge is -2.12. The van der Waals surface area contributed by atoms with Gasteiger partial charge in [0.1, 0.15) is 5.82 Å². The zero-order valence-corrected chi connectivity index (χ0v) is 12.6. The van der Waals surface area contributed by atoms with Gasteiger partial charge in [0, 0.05) is 17.1 Å². The molecule has 0 amide bonds. The van der Waals surface area contributed by atoms with E-state index in [1.165, 1.54) is 12.1 Å². The summed E-state index contributed by atoms with van der Waals surface area (Å²) in [7, 11) is 0. The Balaban J connectivity index is 2.45. The van der Waals surface area contributed by atoms with Crippen LogP contribution in [0.2, 0.25) is 5.02 Å². The van der Waals surface area contributed by atoms with Crippen molar-refractivity contribution in [1.82, 2.24) is 10.2 Å². The van der Waals surface area contributed by atoms with Gasteiger partial charge in [0.15, 0.2) is 5.82 Å². The number of benzene rings is 1. The fourth-order valence-corrected chi connectivity index (χ4v) is 2.20. The topological polar surface area (TPSA) is 37.8 Å². The molecule has 0 aliphatic carbocycles. The zero-order chi connectivity index (χ0) is 14.7. The predicted molar refractivity (Wildman–Crippen MR) is 80.7 cm³/mol. The van der Waals surface area contributed by atoms with Crippen molar-refractivity contribution < 1.29 is 4.39 Å². The minimum absolute atomic E-state index is 0.354. The van der Waals surface area contributed by atoms with Crippen molar-refractivity contribution in [2.75, 3.05) is 11.9 Å². The summed E-state index contributed by atoms with van der Waals surface area (Å²) in [6.45, 7) is 6.87. The number of nitrogens with zero attached hydrogens (tertiary/aromatic N) is 2. The second kappa shape index (κ2) is 6.18. The van der Waals surface area contributed by atoms with E-state index in [2.05, 4.69) is 22.4 Å². The van der Waals surface area contributed by atoms with Crippen molar-refractivity contribution in [1.29, 1.82) is 0 Å². The first kappa shape index (κ1) is 14.7. The van der Waals surface area contributed by atoms with E-state index in [0.29, 0.717) is 16.3 Å². The SMILES string of the molecule is CCCNc1nnc(-c2cc(F)cc(Cl)c2)c(C)c1C. The molecule has 0 spiro atoms. The minimum Gasteiger partial charge on any atom is -0.368 e. The zero-order valence-electron chi connectivity index (χ0n) is 11.8. The average molecular weight is 294 g/mol. The molecule has 106 valence electrons. The molecule has 0 aliphatic heterocycles. The van der Waals surface area contributed by atoms with Crippen LogP contribution in [0.3, 0.4) is 0 Å². The highest BCUT2D eigenvalue weighted by Crippen LogP contribution is 2.28. The molecule has 0 saturated heterocycles. The summed E-state index contributed by atoms with van der Waals surface area (Å²) in [5, 5.41) is 12.0. The summed E-state index contributed by atoms with van der Waals surface area (Å²) < 4.78 is 13.4. The first-order valence-electron chi connectivity index (χ1n) is 6.57. The molecule has 0 saturated carbocycles. The summed E-state index contributed by atoms with van der Waals surface area (Å²) in [6, 6.07) is 4.39. The van der Waals surface area contributed by atoms with Gasteiger partial charge in [0.25, 0.3) is 0 Å². The van der Waals surface area contributed by atoms with Crippen molar-refractivity contribution in [3.8, 4) is 11.3 Å². The molecule has 0 unspecified atom stereocenters. The maximum absolute atomic E-state index is 13.4. The molecular formula is C15H17ClFN3. The van der Waals surface area contributed by atoms with E-state index >= 15 is 0 Å². The Labute approximate surface area is 123 Å². The lowest BCUT2D eigenvalue weighted by molar-refractivity contribution is 0.628. The number of rotatable bonds is 4. The summed E-state index contributed by atoms with van der Waals surface area (Å²) in [4.78, 5) is 0. The molecule has 0 atom stereocenters. The molecule has 1 aromatic carbocycles. The van der Waals surface area contributed by atoms with E-state index < -0.39 is 0 Å². The molecule has 0 aliphatic rings. The predicted octanol–water partition coefficient (Wildman–Crippen LogP) is 4.37. The highest BCUT2D eigenvalue weighted by Gasteiger charge is 2.12. The fourth-order valence-electron chi connectivity index (χ4n) is 1.98. The van der Waals surface area contributed by atoms with Gasteiger partial charge in [-0.25, -0.2) is 4.39 Å². The van der Waals surface area contributed by atoms with Crippen LogP contribution in [-0.2, 0) is 0 Å². The smallest absolute Gasteiger partial charge is 0.151 e. The maximum Gasteiger partial charge on any atom is 0.151 e. The minimum atomic E-state index is -0.375. The number of hydrogen-bond donors (Lipinski definition) is 1. The van der Waals surface area contributed by atoms with Crippen LogP contribution in [0.25, 0.3) is 11.3 Å². The molecule has 2 rings (SSSR count). The normalized spacial score (nSPS) is 10.7. The van der Waals surface area contributed by atoms with Gasteiger partial charge < -0.3 is 5.32 Å². The standard InChI is InChI=1S/C15H17ClFN3/c1-4-5-18-15-10(3)9(2)14(19-20-15)11-6-12(16)8-13(17)7-11/h6-8H,4-5H2,1-3H3,(H,18,20). The highest BCUT2D eigenvalue weighted by atomic mass is 35.5. The number of nitrogens with one attached hydrogen (secondary N) is 1. The Morgan fingerprint density at radius 1 is 1.15 bits per heavy atom. The number of hydrogen-bond acceptors (Lipinski definition) is 3. The highest BCUT2D eigenvalue weighted by molar-refractivity contribution is 6.30. The van der Waals surface area contributed by atoms with Gasteiger partial charge in [-0.15, -0.1) is 10.2 Å². The van der Waals surface area contributed by atoms with Crippen LogP contribution in [0.5, 0.6) is 0 Å². The van der Waals surface area contributed by atoms with Crippen molar-refractivity contribution in [2.24, 2.45) is 0 Å². The lowest BCUT2D eigenvalue weighted by Crippen LogP contribution is -2.07. The van der Waals surface area contributed by atoms with Gasteiger partial charge in [-0.1, -0.05) is 18.5 Å². The number of anilines is 1. The molecule has 0 radical (unpaired) electrons. The Hall–Kier alpha value is -1.68. The monoisotopic (exact) mass is 293 g/mol. The van der Waals surface area contributed by atoms with Crippen LogP contribution < -0.4 is 5.32 Å². The van der Waals surface area contributed by atoms with E-state index in [1.54, 1.807) is 6.07 Å². The molecule has 5 heteroatoms. The van der Waals surface area contributed by atoms with Crippen molar-refractivity contribution in [3.05, 3.63) is 40.2 Å². The van der Waals surface area contributed by atoms with E-state index in [-0.39, 0.29) is 5.82 Å². The summed E-state index contributed by atoms with van der Waals surface area (Å²) in [6.07, 6.45) is 1.02. The van der Waals surface area contributed by atoms with Crippen molar-refractivity contribution in [2.45, 2.75) is 27.2 Å². The Kier molecular flexibility index (Phi) is 4.55. The van der Waals surface area contributed by atoms with Gasteiger partial charge in [0.05, 0.1) is 5.69 Å². The molecule has 1 heterocycles. The van der Waals surface area contributed by atoms with E-state index in [1.807, 2.05) is 13.8 Å². The quantitative estimate of drug-likeness (QED) is 0.909. The second-order valence-electron chi connectivity index (χ2n) is 4.73. The third-order valence-corrected chi connectivity index (χ3v) is 3.42. The van der Waals surface area contributed by atoms with Crippen molar-refractivity contribution in [3.63, 3.8) is 0 Å². The molecule has 1 aromatic heterocycles.